The molecular weight excluding hydrogens is 278 g/mol. The summed E-state index contributed by atoms with van der Waals surface area (Å²) in [4.78, 5) is 26.2. The molecule has 0 saturated heterocycles. The van der Waals surface area contributed by atoms with E-state index < -0.39 is 5.91 Å². The average molecular weight is 299 g/mol. The SMILES string of the molecule is CC(=O)C1=C(O)C(=O)N(c2ccccc2)C1C1CCCCC1. The van der Waals surface area contributed by atoms with Crippen LogP contribution in [0.2, 0.25) is 0 Å². The Balaban J connectivity index is 2.04. The predicted molar refractivity (Wildman–Crippen MR) is 84.6 cm³/mol. The van der Waals surface area contributed by atoms with Crippen LogP contribution in [0.4, 0.5) is 5.69 Å². The van der Waals surface area contributed by atoms with Gasteiger partial charge in [0.15, 0.2) is 11.5 Å². The Morgan fingerprint density at radius 2 is 1.77 bits per heavy atom. The zero-order valence-electron chi connectivity index (χ0n) is 12.8. The van der Waals surface area contributed by atoms with Crippen molar-refractivity contribution in [2.45, 2.75) is 45.1 Å². The minimum absolute atomic E-state index is 0.208. The number of aliphatic hydroxyl groups is 1. The van der Waals surface area contributed by atoms with Gasteiger partial charge in [-0.15, -0.1) is 0 Å². The standard InChI is InChI=1S/C18H21NO3/c1-12(20)15-16(13-8-4-2-5-9-13)19(18(22)17(15)21)14-10-6-3-7-11-14/h3,6-7,10-11,13,16,21H,2,4-5,8-9H2,1H3. The van der Waals surface area contributed by atoms with Crippen LogP contribution in [0.3, 0.4) is 0 Å². The molecule has 1 fully saturated rings. The molecule has 1 atom stereocenters. The van der Waals surface area contributed by atoms with Crippen LogP contribution < -0.4 is 4.90 Å². The Morgan fingerprint density at radius 1 is 1.14 bits per heavy atom. The van der Waals surface area contributed by atoms with E-state index in [0.717, 1.165) is 31.4 Å². The van der Waals surface area contributed by atoms with E-state index in [9.17, 15) is 14.7 Å². The lowest BCUT2D eigenvalue weighted by molar-refractivity contribution is -0.117. The molecule has 0 spiro atoms. The van der Waals surface area contributed by atoms with Crippen LogP contribution in [-0.4, -0.2) is 22.8 Å². The minimum Gasteiger partial charge on any atom is -0.503 e. The second kappa shape index (κ2) is 5.95. The third-order valence-electron chi connectivity index (χ3n) is 4.76. The zero-order chi connectivity index (χ0) is 15.7. The summed E-state index contributed by atoms with van der Waals surface area (Å²) < 4.78 is 0. The first-order valence-corrected chi connectivity index (χ1v) is 7.94. The minimum atomic E-state index is -0.452. The summed E-state index contributed by atoms with van der Waals surface area (Å²) >= 11 is 0. The number of aliphatic hydroxyl groups excluding tert-OH is 1. The van der Waals surface area contributed by atoms with Gasteiger partial charge in [-0.3, -0.25) is 14.5 Å². The number of benzene rings is 1. The van der Waals surface area contributed by atoms with Crippen LogP contribution in [0.15, 0.2) is 41.7 Å². The molecule has 2 aliphatic rings. The van der Waals surface area contributed by atoms with E-state index in [4.69, 9.17) is 0 Å². The van der Waals surface area contributed by atoms with Gasteiger partial charge in [0, 0.05) is 5.69 Å². The Bertz CT molecular complexity index is 614. The van der Waals surface area contributed by atoms with Crippen molar-refractivity contribution in [1.82, 2.24) is 0 Å². The van der Waals surface area contributed by atoms with Gasteiger partial charge in [-0.05, 0) is 37.8 Å². The smallest absolute Gasteiger partial charge is 0.294 e. The van der Waals surface area contributed by atoms with Crippen molar-refractivity contribution < 1.29 is 14.7 Å². The number of para-hydroxylation sites is 1. The summed E-state index contributed by atoms with van der Waals surface area (Å²) in [5.74, 6) is -0.791. The van der Waals surface area contributed by atoms with Gasteiger partial charge < -0.3 is 5.11 Å². The van der Waals surface area contributed by atoms with E-state index in [1.165, 1.54) is 13.3 Å². The number of anilines is 1. The van der Waals surface area contributed by atoms with Crippen molar-refractivity contribution in [1.29, 1.82) is 0 Å². The van der Waals surface area contributed by atoms with Gasteiger partial charge in [0.1, 0.15) is 0 Å². The second-order valence-electron chi connectivity index (χ2n) is 6.17. The van der Waals surface area contributed by atoms with Gasteiger partial charge in [0.2, 0.25) is 0 Å². The van der Waals surface area contributed by atoms with Gasteiger partial charge in [-0.2, -0.15) is 0 Å². The Kier molecular flexibility index (Phi) is 4.01. The van der Waals surface area contributed by atoms with Gasteiger partial charge in [0.05, 0.1) is 11.6 Å². The summed E-state index contributed by atoms with van der Waals surface area (Å²) in [6.45, 7) is 1.43. The maximum absolute atomic E-state index is 12.5. The molecular formula is C18H21NO3. The van der Waals surface area contributed by atoms with Crippen LogP contribution in [0.1, 0.15) is 39.0 Å². The van der Waals surface area contributed by atoms with Gasteiger partial charge in [-0.25, -0.2) is 0 Å². The number of carbonyl (C=O) groups excluding carboxylic acids is 2. The average Bonchev–Trinajstić information content (AvgIpc) is 2.81. The van der Waals surface area contributed by atoms with Gasteiger partial charge in [-0.1, -0.05) is 37.5 Å². The topological polar surface area (TPSA) is 57.6 Å². The first-order valence-electron chi connectivity index (χ1n) is 7.94. The molecule has 1 amide bonds. The lowest BCUT2D eigenvalue weighted by Gasteiger charge is -2.35. The summed E-state index contributed by atoms with van der Waals surface area (Å²) in [7, 11) is 0. The molecule has 4 nitrogen and oxygen atoms in total. The predicted octanol–water partition coefficient (Wildman–Crippen LogP) is 3.38. The molecule has 1 aromatic carbocycles. The fraction of sp³-hybridized carbons (Fsp3) is 0.444. The fourth-order valence-corrected chi connectivity index (χ4v) is 3.76. The Hall–Kier alpha value is -2.10. The summed E-state index contributed by atoms with van der Waals surface area (Å²) in [5, 5.41) is 10.2. The van der Waals surface area contributed by atoms with Gasteiger partial charge >= 0.3 is 0 Å². The molecule has 1 aliphatic heterocycles. The highest BCUT2D eigenvalue weighted by atomic mass is 16.3. The first-order chi connectivity index (χ1) is 10.6. The molecule has 1 N–H and O–H groups in total. The maximum Gasteiger partial charge on any atom is 0.294 e. The molecule has 0 aromatic heterocycles. The first kappa shape index (κ1) is 14.8. The molecule has 116 valence electrons. The fourth-order valence-electron chi connectivity index (χ4n) is 3.76. The Morgan fingerprint density at radius 3 is 2.36 bits per heavy atom. The monoisotopic (exact) mass is 299 g/mol. The number of nitrogens with zero attached hydrogens (tertiary/aromatic N) is 1. The molecule has 1 saturated carbocycles. The molecule has 1 aromatic rings. The van der Waals surface area contributed by atoms with Crippen LogP contribution in [-0.2, 0) is 9.59 Å². The normalized spacial score (nSPS) is 23.2. The largest absolute Gasteiger partial charge is 0.503 e. The number of Topliss-reactive ketones (excluding diaryl/α,β-unsaturated/α-hetero) is 1. The van der Waals surface area contributed by atoms with Crippen molar-refractivity contribution in [2.24, 2.45) is 5.92 Å². The van der Waals surface area contributed by atoms with E-state index >= 15 is 0 Å². The van der Waals surface area contributed by atoms with Crippen LogP contribution in [0.25, 0.3) is 0 Å². The Labute approximate surface area is 130 Å². The lowest BCUT2D eigenvalue weighted by atomic mass is 9.80. The van der Waals surface area contributed by atoms with E-state index in [1.807, 2.05) is 30.3 Å². The molecule has 1 heterocycles. The third kappa shape index (κ3) is 2.43. The number of hydrogen-bond acceptors (Lipinski definition) is 3. The number of carbonyl (C=O) groups is 2. The van der Waals surface area contributed by atoms with Gasteiger partial charge in [0.25, 0.3) is 5.91 Å². The van der Waals surface area contributed by atoms with E-state index in [-0.39, 0.29) is 23.5 Å². The van der Waals surface area contributed by atoms with Crippen LogP contribution >= 0.6 is 0 Å². The van der Waals surface area contributed by atoms with Crippen molar-refractivity contribution in [2.75, 3.05) is 4.90 Å². The number of amides is 1. The van der Waals surface area contributed by atoms with Crippen molar-refractivity contribution >= 4 is 17.4 Å². The van der Waals surface area contributed by atoms with Crippen molar-refractivity contribution in [3.8, 4) is 0 Å². The second-order valence-corrected chi connectivity index (χ2v) is 6.17. The molecule has 3 rings (SSSR count). The third-order valence-corrected chi connectivity index (χ3v) is 4.76. The quantitative estimate of drug-likeness (QED) is 0.930. The highest BCUT2D eigenvalue weighted by molar-refractivity contribution is 6.15. The number of ketones is 1. The van der Waals surface area contributed by atoms with E-state index in [1.54, 1.807) is 4.90 Å². The molecule has 0 radical (unpaired) electrons. The van der Waals surface area contributed by atoms with Crippen molar-refractivity contribution in [3.63, 3.8) is 0 Å². The van der Waals surface area contributed by atoms with Crippen LogP contribution in [0, 0.1) is 5.92 Å². The molecule has 1 unspecified atom stereocenters. The molecule has 22 heavy (non-hydrogen) atoms. The highest BCUT2D eigenvalue weighted by Gasteiger charge is 2.46. The van der Waals surface area contributed by atoms with E-state index in [0.29, 0.717) is 5.57 Å². The number of hydrogen-bond donors (Lipinski definition) is 1. The van der Waals surface area contributed by atoms with Crippen molar-refractivity contribution in [3.05, 3.63) is 41.7 Å². The summed E-state index contributed by atoms with van der Waals surface area (Å²) in [6, 6.07) is 8.99. The van der Waals surface area contributed by atoms with E-state index in [2.05, 4.69) is 0 Å². The maximum atomic E-state index is 12.5. The zero-order valence-corrected chi connectivity index (χ0v) is 12.8. The molecule has 0 bridgehead atoms. The number of rotatable bonds is 3. The highest BCUT2D eigenvalue weighted by Crippen LogP contribution is 2.40. The summed E-state index contributed by atoms with van der Waals surface area (Å²) in [6.07, 6.45) is 5.41. The molecule has 4 heteroatoms. The lowest BCUT2D eigenvalue weighted by Crippen LogP contribution is -2.42. The molecule has 1 aliphatic carbocycles. The van der Waals surface area contributed by atoms with Crippen LogP contribution in [0.5, 0.6) is 0 Å². The summed E-state index contributed by atoms with van der Waals surface area (Å²) in [5.41, 5.74) is 1.03.